The molecule has 32 heavy (non-hydrogen) atoms. The highest BCUT2D eigenvalue weighted by Gasteiger charge is 2.19. The summed E-state index contributed by atoms with van der Waals surface area (Å²) in [7, 11) is 1.52. The van der Waals surface area contributed by atoms with Gasteiger partial charge >= 0.3 is 5.97 Å². The molecule has 0 aliphatic rings. The van der Waals surface area contributed by atoms with Gasteiger partial charge in [0.15, 0.2) is 0 Å². The minimum atomic E-state index is -1.10. The van der Waals surface area contributed by atoms with E-state index in [0.717, 1.165) is 28.2 Å². The normalized spacial score (nSPS) is 11.6. The van der Waals surface area contributed by atoms with Gasteiger partial charge in [0.2, 0.25) is 0 Å². The van der Waals surface area contributed by atoms with Crippen molar-refractivity contribution in [2.75, 3.05) is 7.11 Å². The maximum absolute atomic E-state index is 12.0. The number of carboxylic acids is 1. The Bertz CT molecular complexity index is 1340. The highest BCUT2D eigenvalue weighted by Crippen LogP contribution is 2.35. The van der Waals surface area contributed by atoms with Crippen LogP contribution in [0.3, 0.4) is 0 Å². The summed E-state index contributed by atoms with van der Waals surface area (Å²) in [6, 6.07) is 12.8. The topological polar surface area (TPSA) is 90.4 Å². The van der Waals surface area contributed by atoms with Crippen LogP contribution in [0, 0.1) is 0 Å². The lowest BCUT2D eigenvalue weighted by Gasteiger charge is -2.04. The average Bonchev–Trinajstić information content (AvgIpc) is 3.39. The third-order valence-corrected chi connectivity index (χ3v) is 5.73. The van der Waals surface area contributed by atoms with E-state index in [0.29, 0.717) is 22.9 Å². The van der Waals surface area contributed by atoms with Crippen LogP contribution in [0.25, 0.3) is 28.4 Å². The zero-order chi connectivity index (χ0) is 22.7. The molecule has 0 atom stereocenters. The molecule has 2 aromatic carbocycles. The summed E-state index contributed by atoms with van der Waals surface area (Å²) in [5.41, 5.74) is 2.28. The molecule has 4 rings (SSSR count). The van der Waals surface area contributed by atoms with Crippen LogP contribution in [-0.4, -0.2) is 33.0 Å². The highest BCUT2D eigenvalue weighted by atomic mass is 35.5. The lowest BCUT2D eigenvalue weighted by Crippen LogP contribution is -1.96. The fraction of sp³-hybridized carbons (Fsp3) is 0.0870. The van der Waals surface area contributed by atoms with Crippen LogP contribution in [-0.2, 0) is 11.3 Å². The van der Waals surface area contributed by atoms with Gasteiger partial charge in [0.05, 0.1) is 12.7 Å². The lowest BCUT2D eigenvalue weighted by molar-refractivity contribution is -0.131. The van der Waals surface area contributed by atoms with E-state index in [1.165, 1.54) is 7.11 Å². The summed E-state index contributed by atoms with van der Waals surface area (Å²) in [6.07, 6.45) is 5.28. The van der Waals surface area contributed by atoms with Gasteiger partial charge in [-0.25, -0.2) is 4.79 Å². The quantitative estimate of drug-likeness (QED) is 0.200. The number of fused-ring (bicyclic) bond motifs is 1. The Kier molecular flexibility index (Phi) is 6.34. The van der Waals surface area contributed by atoms with Crippen LogP contribution in [0.4, 0.5) is 0 Å². The number of benzene rings is 2. The number of methoxy groups -OCH3 is 1. The number of carbonyl (C=O) groups is 1. The maximum atomic E-state index is 12.0. The van der Waals surface area contributed by atoms with E-state index >= 15 is 0 Å². The molecule has 9 heteroatoms. The van der Waals surface area contributed by atoms with Crippen molar-refractivity contribution < 1.29 is 19.1 Å². The van der Waals surface area contributed by atoms with Gasteiger partial charge in [0, 0.05) is 34.2 Å². The van der Waals surface area contributed by atoms with E-state index in [-0.39, 0.29) is 16.0 Å². The highest BCUT2D eigenvalue weighted by molar-refractivity contribution is 8.03. The number of allylic oxidation sites excluding steroid dienone is 1. The molecule has 2 heterocycles. The van der Waals surface area contributed by atoms with Crippen molar-refractivity contribution in [2.45, 2.75) is 11.8 Å². The molecule has 0 aliphatic heterocycles. The lowest BCUT2D eigenvalue weighted by atomic mass is 10.1. The fourth-order valence-electron chi connectivity index (χ4n) is 3.26. The molecule has 0 radical (unpaired) electrons. The molecule has 0 spiro atoms. The summed E-state index contributed by atoms with van der Waals surface area (Å²) in [5, 5.41) is 19.3. The number of nitrogens with zero attached hydrogens (tertiary/aromatic N) is 3. The molecule has 0 bridgehead atoms. The number of thioether (sulfide) groups is 1. The maximum Gasteiger partial charge on any atom is 0.342 e. The van der Waals surface area contributed by atoms with Gasteiger partial charge in [0.1, 0.15) is 10.7 Å². The minimum absolute atomic E-state index is 0.0414. The molecule has 7 nitrogen and oxygen atoms in total. The number of rotatable bonds is 8. The number of halogens is 1. The van der Waals surface area contributed by atoms with Crippen LogP contribution in [0.15, 0.2) is 75.9 Å². The van der Waals surface area contributed by atoms with Gasteiger partial charge in [0.25, 0.3) is 11.1 Å². The van der Waals surface area contributed by atoms with E-state index in [1.807, 2.05) is 35.0 Å². The van der Waals surface area contributed by atoms with Crippen LogP contribution >= 0.6 is 23.4 Å². The van der Waals surface area contributed by atoms with Gasteiger partial charge in [-0.05, 0) is 42.1 Å². The zero-order valence-corrected chi connectivity index (χ0v) is 18.6. The predicted molar refractivity (Wildman–Crippen MR) is 125 cm³/mol. The number of hydrogen-bond donors (Lipinski definition) is 1. The number of hydrogen-bond acceptors (Lipinski definition) is 6. The van der Waals surface area contributed by atoms with Crippen LogP contribution < -0.4 is 4.74 Å². The average molecular weight is 468 g/mol. The summed E-state index contributed by atoms with van der Waals surface area (Å²) in [6.45, 7) is 4.39. The zero-order valence-electron chi connectivity index (χ0n) is 17.0. The summed E-state index contributed by atoms with van der Waals surface area (Å²) in [4.78, 5) is 12.0. The van der Waals surface area contributed by atoms with Crippen molar-refractivity contribution >= 4 is 46.3 Å². The second kappa shape index (κ2) is 9.33. The second-order valence-corrected chi connectivity index (χ2v) is 8.11. The summed E-state index contributed by atoms with van der Waals surface area (Å²) < 4.78 is 13.0. The van der Waals surface area contributed by atoms with Gasteiger partial charge in [-0.15, -0.1) is 16.8 Å². The Balaban J connectivity index is 1.69. The SMILES string of the molecule is C=CCn1cc(/C=C(\Sc2nnc(-c3cc(Cl)ccc3OC)o2)C(=O)O)c2ccccc21. The van der Waals surface area contributed by atoms with Gasteiger partial charge in [-0.2, -0.15) is 0 Å². The monoisotopic (exact) mass is 467 g/mol. The summed E-state index contributed by atoms with van der Waals surface area (Å²) >= 11 is 6.95. The smallest absolute Gasteiger partial charge is 0.342 e. The molecule has 0 unspecified atom stereocenters. The van der Waals surface area contributed by atoms with Crippen molar-refractivity contribution in [1.82, 2.24) is 14.8 Å². The third kappa shape index (κ3) is 4.42. The molecule has 0 aliphatic carbocycles. The molecule has 2 aromatic heterocycles. The van der Waals surface area contributed by atoms with Gasteiger partial charge in [-0.1, -0.05) is 35.9 Å². The molecule has 0 saturated carbocycles. The Morgan fingerprint density at radius 3 is 2.88 bits per heavy atom. The first-order valence-electron chi connectivity index (χ1n) is 9.49. The standard InChI is InChI=1S/C23H18ClN3O4S/c1-3-10-27-13-14(16-6-4-5-7-18(16)27)11-20(22(28)29)32-23-26-25-21(31-23)17-12-15(24)8-9-19(17)30-2/h3-9,11-13H,1,10H2,2H3,(H,28,29)/b20-11-. The van der Waals surface area contributed by atoms with Crippen molar-refractivity contribution in [3.63, 3.8) is 0 Å². The molecule has 1 N–H and O–H groups in total. The van der Waals surface area contributed by atoms with E-state index in [4.69, 9.17) is 20.8 Å². The Morgan fingerprint density at radius 2 is 2.12 bits per heavy atom. The van der Waals surface area contributed by atoms with Crippen molar-refractivity contribution in [3.05, 3.63) is 76.8 Å². The predicted octanol–water partition coefficient (Wildman–Crippen LogP) is 5.76. The molecule has 0 amide bonds. The van der Waals surface area contributed by atoms with E-state index in [1.54, 1.807) is 30.4 Å². The van der Waals surface area contributed by atoms with Gasteiger partial charge < -0.3 is 18.8 Å². The largest absolute Gasteiger partial charge is 0.496 e. The van der Waals surface area contributed by atoms with Crippen LogP contribution in [0.5, 0.6) is 5.75 Å². The van der Waals surface area contributed by atoms with Crippen LogP contribution in [0.1, 0.15) is 5.56 Å². The third-order valence-electron chi connectivity index (χ3n) is 4.64. The Morgan fingerprint density at radius 1 is 1.31 bits per heavy atom. The first-order valence-corrected chi connectivity index (χ1v) is 10.7. The number of para-hydroxylation sites is 1. The van der Waals surface area contributed by atoms with Crippen molar-refractivity contribution in [1.29, 1.82) is 0 Å². The van der Waals surface area contributed by atoms with E-state index < -0.39 is 5.97 Å². The number of ether oxygens (including phenoxy) is 1. The van der Waals surface area contributed by atoms with Crippen molar-refractivity contribution in [2.24, 2.45) is 0 Å². The molecule has 162 valence electrons. The molecule has 0 fully saturated rings. The van der Waals surface area contributed by atoms with E-state index in [2.05, 4.69) is 16.8 Å². The Hall–Kier alpha value is -3.49. The number of aliphatic carboxylic acids is 1. The molecular formula is C23H18ClN3O4S. The first kappa shape index (κ1) is 21.7. The van der Waals surface area contributed by atoms with Crippen molar-refractivity contribution in [3.8, 4) is 17.2 Å². The van der Waals surface area contributed by atoms with Gasteiger partial charge in [-0.3, -0.25) is 0 Å². The number of carboxylic acid groups (broad SMARTS) is 1. The molecule has 0 saturated heterocycles. The Labute approximate surface area is 193 Å². The van der Waals surface area contributed by atoms with E-state index in [9.17, 15) is 9.90 Å². The second-order valence-electron chi connectivity index (χ2n) is 6.68. The molecule has 4 aromatic rings. The first-order chi connectivity index (χ1) is 15.5. The fourth-order valence-corrected chi connectivity index (χ4v) is 4.09. The minimum Gasteiger partial charge on any atom is -0.496 e. The van der Waals surface area contributed by atoms with Crippen LogP contribution in [0.2, 0.25) is 5.02 Å². The molecular weight excluding hydrogens is 450 g/mol. The number of aromatic nitrogens is 3. The summed E-state index contributed by atoms with van der Waals surface area (Å²) in [5.74, 6) is -0.409.